The van der Waals surface area contributed by atoms with Crippen LogP contribution in [-0.2, 0) is 0 Å². The van der Waals surface area contributed by atoms with E-state index in [1.54, 1.807) is 18.2 Å². The lowest BCUT2D eigenvalue weighted by Gasteiger charge is -2.01. The Kier molecular flexibility index (Phi) is 4.10. The van der Waals surface area contributed by atoms with Gasteiger partial charge in [-0.3, -0.25) is 4.79 Å². The summed E-state index contributed by atoms with van der Waals surface area (Å²) in [6.07, 6.45) is 1.88. The van der Waals surface area contributed by atoms with Crippen molar-refractivity contribution < 1.29 is 4.79 Å². The first kappa shape index (κ1) is 10.9. The smallest absolute Gasteiger partial charge is 0.174 e. The molecule has 0 spiro atoms. The van der Waals surface area contributed by atoms with Crippen LogP contribution in [0, 0.1) is 0 Å². The van der Waals surface area contributed by atoms with Gasteiger partial charge in [0.15, 0.2) is 5.78 Å². The topological polar surface area (TPSA) is 17.1 Å². The summed E-state index contributed by atoms with van der Waals surface area (Å²) in [5.74, 6) is 0.482. The van der Waals surface area contributed by atoms with E-state index < -0.39 is 0 Å². The van der Waals surface area contributed by atoms with Gasteiger partial charge in [-0.15, -0.1) is 0 Å². The van der Waals surface area contributed by atoms with Crippen LogP contribution in [0.5, 0.6) is 0 Å². The molecule has 0 radical (unpaired) electrons. The number of benzene rings is 1. The highest BCUT2D eigenvalue weighted by atomic mass is 35.5. The summed E-state index contributed by atoms with van der Waals surface area (Å²) in [6.45, 7) is 0. The minimum Gasteiger partial charge on any atom is -0.293 e. The molecule has 0 aliphatic rings. The molecule has 0 aromatic heterocycles. The summed E-state index contributed by atoms with van der Waals surface area (Å²) in [5.41, 5.74) is 0.542. The molecule has 0 N–H and O–H groups in total. The van der Waals surface area contributed by atoms with E-state index in [1.165, 1.54) is 11.8 Å². The Balaban J connectivity index is 2.95. The predicted molar refractivity (Wildman–Crippen MR) is 59.2 cm³/mol. The van der Waals surface area contributed by atoms with Crippen LogP contribution in [0.2, 0.25) is 10.0 Å². The normalized spacial score (nSPS) is 10.1. The molecule has 0 atom stereocenters. The lowest BCUT2D eigenvalue weighted by Crippen LogP contribution is -2.02. The molecule has 0 unspecified atom stereocenters. The number of carbonyl (C=O) groups is 1. The number of ketones is 1. The molecule has 4 heteroatoms. The maximum Gasteiger partial charge on any atom is 0.174 e. The number of rotatable bonds is 3. The lowest BCUT2D eigenvalue weighted by molar-refractivity contribution is 0.102. The third-order valence-corrected chi connectivity index (χ3v) is 2.61. The molecule has 0 saturated heterocycles. The molecule has 0 aliphatic carbocycles. The van der Waals surface area contributed by atoms with E-state index in [0.29, 0.717) is 21.4 Å². The number of Topliss-reactive ketones (excluding diaryl/α,β-unsaturated/α-hetero) is 1. The second-order valence-corrected chi connectivity index (χ2v) is 4.19. The van der Waals surface area contributed by atoms with E-state index in [2.05, 4.69) is 0 Å². The molecule has 0 amide bonds. The van der Waals surface area contributed by atoms with E-state index in [0.717, 1.165) is 0 Å². The van der Waals surface area contributed by atoms with Gasteiger partial charge < -0.3 is 0 Å². The first-order valence-electron chi connectivity index (χ1n) is 3.62. The first-order chi connectivity index (χ1) is 6.15. The Morgan fingerprint density at radius 2 is 2.15 bits per heavy atom. The number of thioether (sulfide) groups is 1. The Bertz CT molecular complexity index is 325. The van der Waals surface area contributed by atoms with E-state index in [-0.39, 0.29) is 5.78 Å². The number of halogens is 2. The molecular weight excluding hydrogens is 227 g/mol. The van der Waals surface area contributed by atoms with Crippen molar-refractivity contribution in [2.24, 2.45) is 0 Å². The Labute approximate surface area is 91.4 Å². The predicted octanol–water partition coefficient (Wildman–Crippen LogP) is 3.54. The van der Waals surface area contributed by atoms with Gasteiger partial charge in [0.2, 0.25) is 0 Å². The van der Waals surface area contributed by atoms with Gasteiger partial charge in [0, 0.05) is 10.6 Å². The third-order valence-electron chi connectivity index (χ3n) is 1.51. The zero-order chi connectivity index (χ0) is 9.84. The van der Waals surface area contributed by atoms with Crippen LogP contribution in [0.25, 0.3) is 0 Å². The molecule has 0 fully saturated rings. The summed E-state index contributed by atoms with van der Waals surface area (Å²) in [6, 6.07) is 4.90. The molecule has 1 rings (SSSR count). The summed E-state index contributed by atoms with van der Waals surface area (Å²) >= 11 is 13.0. The van der Waals surface area contributed by atoms with Crippen LogP contribution in [0.4, 0.5) is 0 Å². The van der Waals surface area contributed by atoms with Gasteiger partial charge in [0.05, 0.1) is 10.8 Å². The summed E-state index contributed by atoms with van der Waals surface area (Å²) in [4.78, 5) is 11.4. The second kappa shape index (κ2) is 4.89. The van der Waals surface area contributed by atoms with Gasteiger partial charge in [-0.25, -0.2) is 0 Å². The van der Waals surface area contributed by atoms with Gasteiger partial charge in [-0.2, -0.15) is 11.8 Å². The van der Waals surface area contributed by atoms with Gasteiger partial charge in [-0.1, -0.05) is 23.2 Å². The fourth-order valence-electron chi connectivity index (χ4n) is 0.924. The van der Waals surface area contributed by atoms with Crippen molar-refractivity contribution in [2.45, 2.75) is 0 Å². The molecule has 0 aliphatic heterocycles. The Morgan fingerprint density at radius 3 is 2.69 bits per heavy atom. The van der Waals surface area contributed by atoms with Crippen molar-refractivity contribution in [2.75, 3.05) is 12.0 Å². The highest BCUT2D eigenvalue weighted by Crippen LogP contribution is 2.21. The third kappa shape index (κ3) is 2.90. The van der Waals surface area contributed by atoms with Crippen LogP contribution in [0.3, 0.4) is 0 Å². The quantitative estimate of drug-likeness (QED) is 0.745. The zero-order valence-electron chi connectivity index (χ0n) is 7.01. The molecule has 13 heavy (non-hydrogen) atoms. The van der Waals surface area contributed by atoms with Crippen LogP contribution < -0.4 is 0 Å². The first-order valence-corrected chi connectivity index (χ1v) is 5.77. The van der Waals surface area contributed by atoms with Crippen molar-refractivity contribution in [3.63, 3.8) is 0 Å². The minimum absolute atomic E-state index is 0.0363. The second-order valence-electron chi connectivity index (χ2n) is 2.48. The summed E-state index contributed by atoms with van der Waals surface area (Å²) in [5, 5.41) is 0.970. The molecule has 70 valence electrons. The highest BCUT2D eigenvalue weighted by molar-refractivity contribution is 7.99. The van der Waals surface area contributed by atoms with E-state index in [4.69, 9.17) is 23.2 Å². The van der Waals surface area contributed by atoms with Gasteiger partial charge >= 0.3 is 0 Å². The fraction of sp³-hybridized carbons (Fsp3) is 0.222. The van der Waals surface area contributed by atoms with Crippen molar-refractivity contribution >= 4 is 40.7 Å². The highest BCUT2D eigenvalue weighted by Gasteiger charge is 2.09. The van der Waals surface area contributed by atoms with Crippen molar-refractivity contribution in [3.05, 3.63) is 33.8 Å². The van der Waals surface area contributed by atoms with Gasteiger partial charge in [0.1, 0.15) is 0 Å². The summed E-state index contributed by atoms with van der Waals surface area (Å²) in [7, 11) is 0. The van der Waals surface area contributed by atoms with Crippen LogP contribution in [0.1, 0.15) is 10.4 Å². The van der Waals surface area contributed by atoms with Crippen LogP contribution in [-0.4, -0.2) is 17.8 Å². The largest absolute Gasteiger partial charge is 0.293 e. The maximum atomic E-state index is 11.4. The number of carbonyl (C=O) groups excluding carboxylic acids is 1. The van der Waals surface area contributed by atoms with Gasteiger partial charge in [-0.05, 0) is 24.5 Å². The van der Waals surface area contributed by atoms with E-state index in [9.17, 15) is 4.79 Å². The molecule has 1 aromatic rings. The lowest BCUT2D eigenvalue weighted by atomic mass is 10.1. The Morgan fingerprint density at radius 1 is 1.46 bits per heavy atom. The average molecular weight is 235 g/mol. The molecule has 0 heterocycles. The number of hydrogen-bond acceptors (Lipinski definition) is 2. The number of hydrogen-bond donors (Lipinski definition) is 0. The SMILES string of the molecule is CSCC(=O)c1ccc(Cl)cc1Cl. The molecule has 1 nitrogen and oxygen atoms in total. The molecule has 1 aromatic carbocycles. The standard InChI is InChI=1S/C9H8Cl2OS/c1-13-5-9(12)7-3-2-6(10)4-8(7)11/h2-4H,5H2,1H3. The van der Waals surface area contributed by atoms with Crippen molar-refractivity contribution in [1.29, 1.82) is 0 Å². The summed E-state index contributed by atoms with van der Waals surface area (Å²) < 4.78 is 0. The molecular formula is C9H8Cl2OS. The zero-order valence-corrected chi connectivity index (χ0v) is 9.34. The molecule has 0 saturated carbocycles. The van der Waals surface area contributed by atoms with Gasteiger partial charge in [0.25, 0.3) is 0 Å². The van der Waals surface area contributed by atoms with E-state index >= 15 is 0 Å². The minimum atomic E-state index is 0.0363. The maximum absolute atomic E-state index is 11.4. The van der Waals surface area contributed by atoms with Crippen LogP contribution in [0.15, 0.2) is 18.2 Å². The van der Waals surface area contributed by atoms with E-state index in [1.807, 2.05) is 6.26 Å². The van der Waals surface area contributed by atoms with Crippen molar-refractivity contribution in [1.82, 2.24) is 0 Å². The fourth-order valence-corrected chi connectivity index (χ4v) is 1.86. The van der Waals surface area contributed by atoms with Crippen LogP contribution >= 0.6 is 35.0 Å². The molecule has 0 bridgehead atoms. The monoisotopic (exact) mass is 234 g/mol. The Hall–Kier alpha value is -0.180. The van der Waals surface area contributed by atoms with Crippen molar-refractivity contribution in [3.8, 4) is 0 Å². The average Bonchev–Trinajstić information content (AvgIpc) is 2.04.